The van der Waals surface area contributed by atoms with Crippen LogP contribution in [-0.2, 0) is 0 Å². The van der Waals surface area contributed by atoms with Crippen LogP contribution in [0, 0.1) is 6.92 Å². The van der Waals surface area contributed by atoms with Gasteiger partial charge >= 0.3 is 0 Å². The lowest BCUT2D eigenvalue weighted by atomic mass is 10.6. The molecule has 0 saturated carbocycles. The van der Waals surface area contributed by atoms with Gasteiger partial charge in [-0.2, -0.15) is 4.37 Å². The minimum atomic E-state index is 0.462. The molecular formula is C7H7N5S2. The van der Waals surface area contributed by atoms with Gasteiger partial charge in [-0.05, 0) is 30.2 Å². The van der Waals surface area contributed by atoms with Crippen LogP contribution < -0.4 is 5.73 Å². The fraction of sp³-hybridized carbons (Fsp3) is 0.143. The van der Waals surface area contributed by atoms with Gasteiger partial charge in [0.05, 0.1) is 0 Å². The molecule has 7 heteroatoms. The molecule has 0 aliphatic carbocycles. The van der Waals surface area contributed by atoms with Crippen LogP contribution in [0.4, 0.5) is 5.82 Å². The molecule has 0 spiro atoms. The topological polar surface area (TPSA) is 77.6 Å². The molecule has 0 atom stereocenters. The molecule has 0 saturated heterocycles. The van der Waals surface area contributed by atoms with Crippen molar-refractivity contribution in [3.63, 3.8) is 0 Å². The molecule has 2 heterocycles. The summed E-state index contributed by atoms with van der Waals surface area (Å²) in [5.74, 6) is 1.24. The van der Waals surface area contributed by atoms with Crippen LogP contribution in [0.1, 0.15) is 5.82 Å². The molecule has 0 aliphatic heterocycles. The van der Waals surface area contributed by atoms with E-state index in [9.17, 15) is 0 Å². The van der Waals surface area contributed by atoms with Crippen molar-refractivity contribution < 1.29 is 0 Å². The van der Waals surface area contributed by atoms with Gasteiger partial charge < -0.3 is 5.73 Å². The van der Waals surface area contributed by atoms with E-state index in [1.807, 2.05) is 6.92 Å². The van der Waals surface area contributed by atoms with Crippen molar-refractivity contribution in [2.75, 3.05) is 5.73 Å². The van der Waals surface area contributed by atoms with E-state index in [-0.39, 0.29) is 0 Å². The summed E-state index contributed by atoms with van der Waals surface area (Å²) in [5.41, 5.74) is 5.52. The van der Waals surface area contributed by atoms with Gasteiger partial charge in [-0.15, -0.1) is 0 Å². The largest absolute Gasteiger partial charge is 0.384 e. The molecular weight excluding hydrogens is 218 g/mol. The third kappa shape index (κ3) is 2.18. The van der Waals surface area contributed by atoms with E-state index < -0.39 is 0 Å². The molecule has 0 aliphatic rings. The first-order chi connectivity index (χ1) is 6.74. The van der Waals surface area contributed by atoms with Crippen LogP contribution >= 0.6 is 23.3 Å². The lowest BCUT2D eigenvalue weighted by Crippen LogP contribution is -1.91. The molecule has 0 fully saturated rings. The van der Waals surface area contributed by atoms with Crippen molar-refractivity contribution in [1.82, 2.24) is 19.3 Å². The maximum atomic E-state index is 5.52. The Balaban J connectivity index is 2.18. The minimum Gasteiger partial charge on any atom is -0.384 e. The first-order valence-electron chi connectivity index (χ1n) is 3.80. The minimum absolute atomic E-state index is 0.462. The zero-order valence-corrected chi connectivity index (χ0v) is 8.97. The Labute approximate surface area is 89.0 Å². The summed E-state index contributed by atoms with van der Waals surface area (Å²) < 4.78 is 4.93. The Morgan fingerprint density at radius 2 is 2.29 bits per heavy atom. The van der Waals surface area contributed by atoms with E-state index in [1.54, 1.807) is 6.07 Å². The van der Waals surface area contributed by atoms with Crippen LogP contribution in [0.2, 0.25) is 0 Å². The molecule has 0 aromatic carbocycles. The van der Waals surface area contributed by atoms with Crippen molar-refractivity contribution in [2.24, 2.45) is 0 Å². The lowest BCUT2D eigenvalue weighted by Gasteiger charge is -1.95. The second-order valence-electron chi connectivity index (χ2n) is 2.49. The van der Waals surface area contributed by atoms with Crippen LogP contribution in [0.3, 0.4) is 0 Å². The summed E-state index contributed by atoms with van der Waals surface area (Å²) in [5, 5.41) is 0.786. The number of nitrogens with zero attached hydrogens (tertiary/aromatic N) is 4. The van der Waals surface area contributed by atoms with Crippen LogP contribution in [-0.4, -0.2) is 19.3 Å². The van der Waals surface area contributed by atoms with E-state index in [0.717, 1.165) is 15.2 Å². The molecule has 2 aromatic heterocycles. The zero-order valence-electron chi connectivity index (χ0n) is 7.34. The Morgan fingerprint density at radius 3 is 2.93 bits per heavy atom. The zero-order chi connectivity index (χ0) is 9.97. The Kier molecular flexibility index (Phi) is 2.60. The van der Waals surface area contributed by atoms with E-state index in [4.69, 9.17) is 5.73 Å². The molecule has 5 nitrogen and oxygen atoms in total. The highest BCUT2D eigenvalue weighted by Crippen LogP contribution is 2.27. The number of hydrogen-bond donors (Lipinski definition) is 1. The standard InChI is InChI=1S/C7H7N5S2/c1-4-11-7(14-12-4)13-6-2-5(8)9-3-10-6/h2-3H,1H3,(H2,8,9,10). The van der Waals surface area contributed by atoms with Crippen LogP contribution in [0.5, 0.6) is 0 Å². The van der Waals surface area contributed by atoms with E-state index in [2.05, 4.69) is 19.3 Å². The van der Waals surface area contributed by atoms with E-state index in [0.29, 0.717) is 5.82 Å². The first kappa shape index (κ1) is 9.35. The van der Waals surface area contributed by atoms with Gasteiger partial charge in [-0.1, -0.05) is 0 Å². The first-order valence-corrected chi connectivity index (χ1v) is 5.39. The van der Waals surface area contributed by atoms with Crippen molar-refractivity contribution >= 4 is 29.1 Å². The number of aryl methyl sites for hydroxylation is 1. The molecule has 72 valence electrons. The van der Waals surface area contributed by atoms with Crippen LogP contribution in [0.25, 0.3) is 0 Å². The highest BCUT2D eigenvalue weighted by molar-refractivity contribution is 8.00. The molecule has 0 radical (unpaired) electrons. The van der Waals surface area contributed by atoms with Gasteiger partial charge in [0.25, 0.3) is 0 Å². The maximum Gasteiger partial charge on any atom is 0.176 e. The van der Waals surface area contributed by atoms with Gasteiger partial charge in [-0.3, -0.25) is 0 Å². The van der Waals surface area contributed by atoms with Gasteiger partial charge in [0, 0.05) is 6.07 Å². The Hall–Kier alpha value is -1.21. The quantitative estimate of drug-likeness (QED) is 0.778. The Bertz CT molecular complexity index is 441. The second-order valence-corrected chi connectivity index (χ2v) is 4.51. The highest BCUT2D eigenvalue weighted by Gasteiger charge is 2.04. The molecule has 0 bridgehead atoms. The summed E-state index contributed by atoms with van der Waals surface area (Å²) in [6, 6.07) is 1.71. The molecule has 14 heavy (non-hydrogen) atoms. The van der Waals surface area contributed by atoms with Gasteiger partial charge in [0.2, 0.25) is 0 Å². The smallest absolute Gasteiger partial charge is 0.176 e. The van der Waals surface area contributed by atoms with E-state index >= 15 is 0 Å². The van der Waals surface area contributed by atoms with Gasteiger partial charge in [0.15, 0.2) is 4.34 Å². The van der Waals surface area contributed by atoms with E-state index in [1.165, 1.54) is 29.6 Å². The predicted molar refractivity (Wildman–Crippen MR) is 55.2 cm³/mol. The number of hydrogen-bond acceptors (Lipinski definition) is 7. The summed E-state index contributed by atoms with van der Waals surface area (Å²) in [6.45, 7) is 1.86. The normalized spacial score (nSPS) is 10.4. The highest BCUT2D eigenvalue weighted by atomic mass is 32.2. The number of nitrogen functional groups attached to an aromatic ring is 1. The van der Waals surface area contributed by atoms with Crippen molar-refractivity contribution in [3.05, 3.63) is 18.2 Å². The van der Waals surface area contributed by atoms with Gasteiger partial charge in [-0.25, -0.2) is 15.0 Å². The maximum absolute atomic E-state index is 5.52. The molecule has 0 amide bonds. The molecule has 2 rings (SSSR count). The average Bonchev–Trinajstić information content (AvgIpc) is 2.51. The number of nitrogens with two attached hydrogens (primary N) is 1. The predicted octanol–water partition coefficient (Wildman–Crippen LogP) is 1.37. The third-order valence-corrected chi connectivity index (χ3v) is 3.14. The van der Waals surface area contributed by atoms with Crippen LogP contribution in [0.15, 0.2) is 21.8 Å². The fourth-order valence-electron chi connectivity index (χ4n) is 0.818. The van der Waals surface area contributed by atoms with Gasteiger partial charge in [0.1, 0.15) is 23.0 Å². The number of rotatable bonds is 2. The lowest BCUT2D eigenvalue weighted by molar-refractivity contribution is 1.05. The monoisotopic (exact) mass is 225 g/mol. The number of anilines is 1. The number of aromatic nitrogens is 4. The van der Waals surface area contributed by atoms with Crippen molar-refractivity contribution in [3.8, 4) is 0 Å². The summed E-state index contributed by atoms with van der Waals surface area (Å²) >= 11 is 2.79. The van der Waals surface area contributed by atoms with Crippen molar-refractivity contribution in [2.45, 2.75) is 16.3 Å². The van der Waals surface area contributed by atoms with Crippen molar-refractivity contribution in [1.29, 1.82) is 0 Å². The summed E-state index contributed by atoms with van der Waals surface area (Å²) in [4.78, 5) is 12.1. The Morgan fingerprint density at radius 1 is 1.43 bits per heavy atom. The second kappa shape index (κ2) is 3.89. The molecule has 2 N–H and O–H groups in total. The molecule has 2 aromatic rings. The summed E-state index contributed by atoms with van der Waals surface area (Å²) in [6.07, 6.45) is 1.44. The fourth-order valence-corrected chi connectivity index (χ4v) is 2.40. The summed E-state index contributed by atoms with van der Waals surface area (Å²) in [7, 11) is 0. The molecule has 0 unspecified atom stereocenters. The SMILES string of the molecule is Cc1nsc(Sc2cc(N)ncn2)n1. The average molecular weight is 225 g/mol. The third-order valence-electron chi connectivity index (χ3n) is 1.36.